The Hall–Kier alpha value is -3.03. The van der Waals surface area contributed by atoms with Gasteiger partial charge in [0.1, 0.15) is 0 Å². The lowest BCUT2D eigenvalue weighted by atomic mass is 10.1. The van der Waals surface area contributed by atoms with Gasteiger partial charge in [-0.2, -0.15) is 4.68 Å². The molecule has 0 atom stereocenters. The average molecular weight is 398 g/mol. The molecule has 0 aliphatic carbocycles. The van der Waals surface area contributed by atoms with Crippen LogP contribution >= 0.6 is 23.2 Å². The van der Waals surface area contributed by atoms with Crippen LogP contribution in [-0.4, -0.2) is 30.2 Å². The van der Waals surface area contributed by atoms with E-state index in [1.807, 2.05) is 24.3 Å². The molecule has 27 heavy (non-hydrogen) atoms. The minimum atomic E-state index is 0.383. The van der Waals surface area contributed by atoms with Crippen molar-refractivity contribution in [3.05, 3.63) is 76.7 Å². The molecule has 0 aliphatic rings. The van der Waals surface area contributed by atoms with Crippen LogP contribution in [0.1, 0.15) is 5.56 Å². The smallest absolute Gasteiger partial charge is 0.248 e. The van der Waals surface area contributed by atoms with E-state index < -0.39 is 0 Å². The molecule has 9 heteroatoms. The highest BCUT2D eigenvalue weighted by molar-refractivity contribution is 6.43. The van der Waals surface area contributed by atoms with E-state index in [1.54, 1.807) is 36.8 Å². The van der Waals surface area contributed by atoms with Crippen LogP contribution in [0.3, 0.4) is 0 Å². The molecule has 0 radical (unpaired) electrons. The van der Waals surface area contributed by atoms with E-state index in [2.05, 4.69) is 30.8 Å². The first kappa shape index (κ1) is 17.4. The van der Waals surface area contributed by atoms with Gasteiger partial charge in [-0.05, 0) is 46.3 Å². The van der Waals surface area contributed by atoms with Crippen molar-refractivity contribution < 1.29 is 0 Å². The number of benzene rings is 1. The van der Waals surface area contributed by atoms with Crippen molar-refractivity contribution in [3.8, 4) is 16.9 Å². The van der Waals surface area contributed by atoms with E-state index in [1.165, 1.54) is 4.68 Å². The number of nitrogens with zero attached hydrogens (tertiary/aromatic N) is 6. The molecule has 0 unspecified atom stereocenters. The number of tetrazole rings is 1. The summed E-state index contributed by atoms with van der Waals surface area (Å²) < 4.78 is 1.51. The van der Waals surface area contributed by atoms with E-state index in [-0.39, 0.29) is 0 Å². The van der Waals surface area contributed by atoms with Crippen molar-refractivity contribution in [2.45, 2.75) is 6.54 Å². The SMILES string of the molecule is Clc1cccc(-n2nnnc2NCc2cccnc2-c2ccncc2)c1Cl. The number of hydrogen-bond donors (Lipinski definition) is 1. The molecule has 0 fully saturated rings. The molecule has 0 bridgehead atoms. The Balaban J connectivity index is 1.62. The Labute approximate surface area is 165 Å². The molecule has 4 rings (SSSR count). The fraction of sp³-hybridized carbons (Fsp3) is 0.0556. The third-order valence-electron chi connectivity index (χ3n) is 3.91. The molecule has 0 aliphatic heterocycles. The maximum absolute atomic E-state index is 6.29. The van der Waals surface area contributed by atoms with Gasteiger partial charge >= 0.3 is 0 Å². The van der Waals surface area contributed by atoms with E-state index in [9.17, 15) is 0 Å². The molecule has 0 amide bonds. The number of hydrogen-bond acceptors (Lipinski definition) is 6. The molecule has 3 heterocycles. The normalized spacial score (nSPS) is 10.7. The van der Waals surface area contributed by atoms with Gasteiger partial charge in [-0.3, -0.25) is 9.97 Å². The third-order valence-corrected chi connectivity index (χ3v) is 4.72. The van der Waals surface area contributed by atoms with Crippen LogP contribution in [0.5, 0.6) is 0 Å². The molecule has 134 valence electrons. The topological polar surface area (TPSA) is 81.4 Å². The lowest BCUT2D eigenvalue weighted by Gasteiger charge is -2.11. The standard InChI is InChI=1S/C18H13Cl2N7/c19-14-4-1-5-15(16(14)20)27-18(24-25-26-27)23-11-13-3-2-8-22-17(13)12-6-9-21-10-7-12/h1-10H,11H2,(H,23,24,26). The predicted molar refractivity (Wildman–Crippen MR) is 104 cm³/mol. The zero-order chi connectivity index (χ0) is 18.6. The van der Waals surface area contributed by atoms with Gasteiger partial charge in [0.25, 0.3) is 0 Å². The first-order chi connectivity index (χ1) is 13.2. The van der Waals surface area contributed by atoms with Crippen LogP contribution in [0.15, 0.2) is 61.1 Å². The highest BCUT2D eigenvalue weighted by Crippen LogP contribution is 2.29. The van der Waals surface area contributed by atoms with Crippen LogP contribution in [0.25, 0.3) is 16.9 Å². The van der Waals surface area contributed by atoms with Gasteiger partial charge in [0.2, 0.25) is 5.95 Å². The summed E-state index contributed by atoms with van der Waals surface area (Å²) in [6.45, 7) is 0.476. The number of halogens is 2. The van der Waals surface area contributed by atoms with E-state index >= 15 is 0 Å². The van der Waals surface area contributed by atoms with Crippen LogP contribution in [-0.2, 0) is 6.54 Å². The van der Waals surface area contributed by atoms with Crippen LogP contribution in [0, 0.1) is 0 Å². The molecule has 4 aromatic rings. The fourth-order valence-corrected chi connectivity index (χ4v) is 3.02. The van der Waals surface area contributed by atoms with Gasteiger partial charge < -0.3 is 5.32 Å². The average Bonchev–Trinajstić information content (AvgIpc) is 3.18. The lowest BCUT2D eigenvalue weighted by Crippen LogP contribution is -2.09. The Morgan fingerprint density at radius 2 is 1.81 bits per heavy atom. The Kier molecular flexibility index (Phi) is 4.95. The van der Waals surface area contributed by atoms with Crippen molar-refractivity contribution in [1.29, 1.82) is 0 Å². The highest BCUT2D eigenvalue weighted by atomic mass is 35.5. The molecule has 1 N–H and O–H groups in total. The summed E-state index contributed by atoms with van der Waals surface area (Å²) in [7, 11) is 0. The summed E-state index contributed by atoms with van der Waals surface area (Å²) in [4.78, 5) is 8.54. The molecule has 0 spiro atoms. The van der Waals surface area contributed by atoms with Crippen molar-refractivity contribution in [1.82, 2.24) is 30.2 Å². The maximum Gasteiger partial charge on any atom is 0.248 e. The van der Waals surface area contributed by atoms with Gasteiger partial charge in [-0.1, -0.05) is 40.4 Å². The summed E-state index contributed by atoms with van der Waals surface area (Å²) in [6, 6.07) is 13.0. The largest absolute Gasteiger partial charge is 0.349 e. The third kappa shape index (κ3) is 3.60. The number of pyridine rings is 2. The zero-order valence-corrected chi connectivity index (χ0v) is 15.4. The Morgan fingerprint density at radius 1 is 0.963 bits per heavy atom. The minimum Gasteiger partial charge on any atom is -0.349 e. The second-order valence-corrected chi connectivity index (χ2v) is 6.37. The van der Waals surface area contributed by atoms with E-state index in [0.717, 1.165) is 16.8 Å². The number of aromatic nitrogens is 6. The Bertz CT molecular complexity index is 1070. The van der Waals surface area contributed by atoms with Gasteiger partial charge in [0.05, 0.1) is 21.4 Å². The zero-order valence-electron chi connectivity index (χ0n) is 13.9. The monoisotopic (exact) mass is 397 g/mol. The van der Waals surface area contributed by atoms with E-state index in [0.29, 0.717) is 28.2 Å². The first-order valence-electron chi connectivity index (χ1n) is 8.05. The summed E-state index contributed by atoms with van der Waals surface area (Å²) in [5.41, 5.74) is 3.44. The van der Waals surface area contributed by atoms with Crippen molar-refractivity contribution in [3.63, 3.8) is 0 Å². The van der Waals surface area contributed by atoms with Crippen LogP contribution < -0.4 is 5.32 Å². The Morgan fingerprint density at radius 3 is 2.67 bits per heavy atom. The maximum atomic E-state index is 6.29. The van der Waals surface area contributed by atoms with Crippen molar-refractivity contribution in [2.75, 3.05) is 5.32 Å². The molecule has 0 saturated heterocycles. The number of anilines is 1. The summed E-state index contributed by atoms with van der Waals surface area (Å²) in [5, 5.41) is 15.8. The van der Waals surface area contributed by atoms with Gasteiger partial charge in [-0.25, -0.2) is 0 Å². The highest BCUT2D eigenvalue weighted by Gasteiger charge is 2.14. The number of rotatable bonds is 5. The molecular formula is C18H13Cl2N7. The lowest BCUT2D eigenvalue weighted by molar-refractivity contribution is 0.789. The van der Waals surface area contributed by atoms with Crippen molar-refractivity contribution in [2.24, 2.45) is 0 Å². The molecule has 7 nitrogen and oxygen atoms in total. The predicted octanol–water partition coefficient (Wildman–Crippen LogP) is 4.04. The molecule has 1 aromatic carbocycles. The molecule has 0 saturated carbocycles. The first-order valence-corrected chi connectivity index (χ1v) is 8.80. The molecule has 3 aromatic heterocycles. The minimum absolute atomic E-state index is 0.383. The summed E-state index contributed by atoms with van der Waals surface area (Å²) in [6.07, 6.45) is 5.24. The van der Waals surface area contributed by atoms with Crippen molar-refractivity contribution >= 4 is 29.2 Å². The molecular weight excluding hydrogens is 385 g/mol. The van der Waals surface area contributed by atoms with Crippen LogP contribution in [0.4, 0.5) is 5.95 Å². The second kappa shape index (κ2) is 7.69. The van der Waals surface area contributed by atoms with Gasteiger partial charge in [0, 0.05) is 30.7 Å². The quantitative estimate of drug-likeness (QED) is 0.547. The van der Waals surface area contributed by atoms with Crippen LogP contribution in [0.2, 0.25) is 10.0 Å². The summed E-state index contributed by atoms with van der Waals surface area (Å²) in [5.74, 6) is 0.448. The van der Waals surface area contributed by atoms with Gasteiger partial charge in [0.15, 0.2) is 0 Å². The number of nitrogens with one attached hydrogen (secondary N) is 1. The fourth-order valence-electron chi connectivity index (χ4n) is 2.64. The van der Waals surface area contributed by atoms with E-state index in [4.69, 9.17) is 23.2 Å². The second-order valence-electron chi connectivity index (χ2n) is 5.59. The summed E-state index contributed by atoms with van der Waals surface area (Å²) >= 11 is 12.4. The van der Waals surface area contributed by atoms with Gasteiger partial charge in [-0.15, -0.1) is 0 Å².